The van der Waals surface area contributed by atoms with Crippen LogP contribution in [0.1, 0.15) is 29.6 Å². The Morgan fingerprint density at radius 1 is 1.23 bits per heavy atom. The first-order valence-electron chi connectivity index (χ1n) is 7.19. The molecule has 0 spiro atoms. The Morgan fingerprint density at radius 3 is 2.45 bits per heavy atom. The standard InChI is InChI=1S/C16H19NO5/c1-22-13-4-2-11(3-5-13)14(18)6-7-15(19)17-9-8-12(10-17)16(20)21/h2-5,12H,6-10H2,1H3,(H,20,21). The van der Waals surface area contributed by atoms with E-state index in [4.69, 9.17) is 9.84 Å². The summed E-state index contributed by atoms with van der Waals surface area (Å²) >= 11 is 0. The van der Waals surface area contributed by atoms with Crippen LogP contribution in [0.3, 0.4) is 0 Å². The van der Waals surface area contributed by atoms with E-state index in [-0.39, 0.29) is 31.1 Å². The van der Waals surface area contributed by atoms with E-state index in [1.807, 2.05) is 0 Å². The van der Waals surface area contributed by atoms with Gasteiger partial charge in [-0.25, -0.2) is 0 Å². The molecule has 22 heavy (non-hydrogen) atoms. The number of carboxylic acids is 1. The van der Waals surface area contributed by atoms with Crippen LogP contribution in [-0.4, -0.2) is 47.9 Å². The number of nitrogens with zero attached hydrogens (tertiary/aromatic N) is 1. The third-order valence-electron chi connectivity index (χ3n) is 3.87. The first-order chi connectivity index (χ1) is 10.5. The average molecular weight is 305 g/mol. The fourth-order valence-corrected chi connectivity index (χ4v) is 2.49. The minimum absolute atomic E-state index is 0.106. The number of ether oxygens (including phenoxy) is 1. The number of carbonyl (C=O) groups is 3. The maximum Gasteiger partial charge on any atom is 0.308 e. The molecule has 0 aliphatic carbocycles. The lowest BCUT2D eigenvalue weighted by atomic mass is 10.1. The number of Topliss-reactive ketones (excluding diaryl/α,β-unsaturated/α-hetero) is 1. The molecule has 6 nitrogen and oxygen atoms in total. The molecule has 1 fully saturated rings. The molecule has 1 saturated heterocycles. The van der Waals surface area contributed by atoms with Crippen molar-refractivity contribution in [1.29, 1.82) is 0 Å². The molecule has 1 unspecified atom stereocenters. The van der Waals surface area contributed by atoms with Gasteiger partial charge < -0.3 is 14.7 Å². The summed E-state index contributed by atoms with van der Waals surface area (Å²) in [6.07, 6.45) is 0.712. The van der Waals surface area contributed by atoms with Gasteiger partial charge in [-0.1, -0.05) is 0 Å². The number of methoxy groups -OCH3 is 1. The Hall–Kier alpha value is -2.37. The summed E-state index contributed by atoms with van der Waals surface area (Å²) in [5.41, 5.74) is 0.540. The predicted molar refractivity (Wildman–Crippen MR) is 78.9 cm³/mol. The summed E-state index contributed by atoms with van der Waals surface area (Å²) in [5, 5.41) is 8.92. The number of carbonyl (C=O) groups excluding carboxylic acids is 2. The molecule has 1 heterocycles. The molecule has 1 atom stereocenters. The number of carboxylic acid groups (broad SMARTS) is 1. The smallest absolute Gasteiger partial charge is 0.308 e. The lowest BCUT2D eigenvalue weighted by Gasteiger charge is -2.15. The van der Waals surface area contributed by atoms with Gasteiger partial charge in [0.1, 0.15) is 5.75 Å². The molecule has 1 aliphatic rings. The fourth-order valence-electron chi connectivity index (χ4n) is 2.49. The van der Waals surface area contributed by atoms with Crippen LogP contribution >= 0.6 is 0 Å². The third kappa shape index (κ3) is 3.84. The van der Waals surface area contributed by atoms with Gasteiger partial charge in [0.25, 0.3) is 0 Å². The van der Waals surface area contributed by atoms with Crippen LogP contribution < -0.4 is 4.74 Å². The highest BCUT2D eigenvalue weighted by atomic mass is 16.5. The number of ketones is 1. The van der Waals surface area contributed by atoms with Gasteiger partial charge in [0, 0.05) is 31.5 Å². The second-order valence-corrected chi connectivity index (χ2v) is 5.32. The van der Waals surface area contributed by atoms with Crippen molar-refractivity contribution in [2.24, 2.45) is 5.92 Å². The lowest BCUT2D eigenvalue weighted by molar-refractivity contribution is -0.141. The Bertz CT molecular complexity index is 566. The molecular weight excluding hydrogens is 286 g/mol. The van der Waals surface area contributed by atoms with Gasteiger partial charge in [-0.2, -0.15) is 0 Å². The molecule has 1 N–H and O–H groups in total. The fraction of sp³-hybridized carbons (Fsp3) is 0.438. The SMILES string of the molecule is COc1ccc(C(=O)CCC(=O)N2CCC(C(=O)O)C2)cc1. The van der Waals surface area contributed by atoms with Gasteiger partial charge in [-0.05, 0) is 30.7 Å². The van der Waals surface area contributed by atoms with Gasteiger partial charge in [0.2, 0.25) is 5.91 Å². The van der Waals surface area contributed by atoms with Gasteiger partial charge in [0.15, 0.2) is 5.78 Å². The first kappa shape index (κ1) is 16.0. The Morgan fingerprint density at radius 2 is 1.91 bits per heavy atom. The van der Waals surface area contributed by atoms with Crippen LogP contribution in [0.25, 0.3) is 0 Å². The van der Waals surface area contributed by atoms with Crippen molar-refractivity contribution in [3.05, 3.63) is 29.8 Å². The van der Waals surface area contributed by atoms with E-state index in [0.29, 0.717) is 24.3 Å². The molecule has 0 saturated carbocycles. The van der Waals surface area contributed by atoms with E-state index < -0.39 is 11.9 Å². The van der Waals surface area contributed by atoms with Crippen molar-refractivity contribution in [1.82, 2.24) is 4.90 Å². The van der Waals surface area contributed by atoms with Crippen molar-refractivity contribution in [3.8, 4) is 5.75 Å². The van der Waals surface area contributed by atoms with E-state index >= 15 is 0 Å². The van der Waals surface area contributed by atoms with E-state index in [2.05, 4.69) is 0 Å². The Balaban J connectivity index is 1.83. The summed E-state index contributed by atoms with van der Waals surface area (Å²) in [6.45, 7) is 0.692. The zero-order valence-electron chi connectivity index (χ0n) is 12.4. The first-order valence-corrected chi connectivity index (χ1v) is 7.19. The van der Waals surface area contributed by atoms with Crippen LogP contribution in [-0.2, 0) is 9.59 Å². The summed E-state index contributed by atoms with van der Waals surface area (Å²) in [5.74, 6) is -0.953. The Kier molecular flexibility index (Phi) is 5.14. The predicted octanol–water partition coefficient (Wildman–Crippen LogP) is 1.59. The van der Waals surface area contributed by atoms with E-state index in [1.165, 1.54) is 4.90 Å². The summed E-state index contributed by atoms with van der Waals surface area (Å²) in [7, 11) is 1.55. The molecule has 0 aromatic heterocycles. The van der Waals surface area contributed by atoms with E-state index in [9.17, 15) is 14.4 Å². The summed E-state index contributed by atoms with van der Waals surface area (Å²) < 4.78 is 5.02. The number of aliphatic carboxylic acids is 1. The number of hydrogen-bond acceptors (Lipinski definition) is 4. The highest BCUT2D eigenvalue weighted by molar-refractivity contribution is 5.98. The molecule has 0 radical (unpaired) electrons. The van der Waals surface area contributed by atoms with E-state index in [1.54, 1.807) is 31.4 Å². The van der Waals surface area contributed by atoms with Crippen molar-refractivity contribution >= 4 is 17.7 Å². The van der Waals surface area contributed by atoms with Gasteiger partial charge in [-0.15, -0.1) is 0 Å². The monoisotopic (exact) mass is 305 g/mol. The average Bonchev–Trinajstić information content (AvgIpc) is 3.02. The van der Waals surface area contributed by atoms with Crippen molar-refractivity contribution in [2.75, 3.05) is 20.2 Å². The third-order valence-corrected chi connectivity index (χ3v) is 3.87. The number of amides is 1. The second kappa shape index (κ2) is 7.06. The van der Waals surface area contributed by atoms with Gasteiger partial charge >= 0.3 is 5.97 Å². The van der Waals surface area contributed by atoms with Gasteiger partial charge in [-0.3, -0.25) is 14.4 Å². The zero-order valence-corrected chi connectivity index (χ0v) is 12.4. The number of likely N-dealkylation sites (tertiary alicyclic amines) is 1. The quantitative estimate of drug-likeness (QED) is 0.807. The normalized spacial score (nSPS) is 17.3. The van der Waals surface area contributed by atoms with Crippen LogP contribution in [0.5, 0.6) is 5.75 Å². The minimum Gasteiger partial charge on any atom is -0.497 e. The van der Waals surface area contributed by atoms with Crippen molar-refractivity contribution in [3.63, 3.8) is 0 Å². The molecule has 1 aromatic rings. The molecule has 2 rings (SSSR count). The van der Waals surface area contributed by atoms with Crippen LogP contribution in [0.4, 0.5) is 0 Å². The molecule has 1 aliphatic heterocycles. The number of rotatable bonds is 6. The molecular formula is C16H19NO5. The second-order valence-electron chi connectivity index (χ2n) is 5.32. The maximum absolute atomic E-state index is 12.0. The van der Waals surface area contributed by atoms with Gasteiger partial charge in [0.05, 0.1) is 13.0 Å². The largest absolute Gasteiger partial charge is 0.497 e. The Labute approximate surface area is 128 Å². The highest BCUT2D eigenvalue weighted by Crippen LogP contribution is 2.18. The van der Waals surface area contributed by atoms with Crippen molar-refractivity contribution in [2.45, 2.75) is 19.3 Å². The van der Waals surface area contributed by atoms with Crippen LogP contribution in [0.2, 0.25) is 0 Å². The zero-order chi connectivity index (χ0) is 16.1. The topological polar surface area (TPSA) is 83.9 Å². The minimum atomic E-state index is -0.871. The summed E-state index contributed by atoms with van der Waals surface area (Å²) in [6, 6.07) is 6.74. The maximum atomic E-state index is 12.0. The summed E-state index contributed by atoms with van der Waals surface area (Å²) in [4.78, 5) is 36.4. The number of hydrogen-bond donors (Lipinski definition) is 1. The van der Waals surface area contributed by atoms with E-state index in [0.717, 1.165) is 0 Å². The molecule has 1 aromatic carbocycles. The lowest BCUT2D eigenvalue weighted by Crippen LogP contribution is -2.30. The molecule has 6 heteroatoms. The molecule has 0 bridgehead atoms. The highest BCUT2D eigenvalue weighted by Gasteiger charge is 2.30. The molecule has 118 valence electrons. The molecule has 1 amide bonds. The van der Waals surface area contributed by atoms with Crippen LogP contribution in [0.15, 0.2) is 24.3 Å². The van der Waals surface area contributed by atoms with Crippen LogP contribution in [0, 0.1) is 5.92 Å². The number of benzene rings is 1. The van der Waals surface area contributed by atoms with Crippen molar-refractivity contribution < 1.29 is 24.2 Å².